The summed E-state index contributed by atoms with van der Waals surface area (Å²) in [6, 6.07) is 6.21. The van der Waals surface area contributed by atoms with E-state index in [0.29, 0.717) is 5.75 Å². The number of carbonyl (C=O) groups is 1. The zero-order chi connectivity index (χ0) is 19.0. The normalized spacial score (nSPS) is 13.2. The van der Waals surface area contributed by atoms with Crippen LogP contribution in [0, 0.1) is 13.8 Å². The molecule has 4 rings (SSSR count). The van der Waals surface area contributed by atoms with Crippen molar-refractivity contribution in [3.63, 3.8) is 0 Å². The number of fused-ring (bicyclic) bond motifs is 2. The molecule has 0 saturated carbocycles. The van der Waals surface area contributed by atoms with Gasteiger partial charge in [-0.2, -0.15) is 0 Å². The van der Waals surface area contributed by atoms with E-state index in [-0.39, 0.29) is 5.91 Å². The van der Waals surface area contributed by atoms with E-state index in [1.807, 2.05) is 6.07 Å². The Morgan fingerprint density at radius 1 is 1.33 bits per heavy atom. The van der Waals surface area contributed by atoms with Crippen LogP contribution in [-0.2, 0) is 11.2 Å². The van der Waals surface area contributed by atoms with Gasteiger partial charge in [-0.05, 0) is 50.5 Å². The molecular formula is C20H22N4OS2. The van der Waals surface area contributed by atoms with Crippen molar-refractivity contribution < 1.29 is 4.79 Å². The van der Waals surface area contributed by atoms with Gasteiger partial charge in [-0.15, -0.1) is 11.3 Å². The molecule has 1 amide bonds. The Bertz CT molecular complexity index is 1010. The lowest BCUT2D eigenvalue weighted by molar-refractivity contribution is -0.113. The van der Waals surface area contributed by atoms with Crippen molar-refractivity contribution >= 4 is 50.6 Å². The van der Waals surface area contributed by atoms with E-state index >= 15 is 0 Å². The fourth-order valence-corrected chi connectivity index (χ4v) is 5.36. The Hall–Kier alpha value is -2.12. The van der Waals surface area contributed by atoms with Gasteiger partial charge in [-0.1, -0.05) is 17.8 Å². The van der Waals surface area contributed by atoms with Crippen LogP contribution in [0.15, 0.2) is 29.6 Å². The summed E-state index contributed by atoms with van der Waals surface area (Å²) in [6.45, 7) is 8.39. The van der Waals surface area contributed by atoms with Crippen LogP contribution in [0.4, 0.5) is 11.4 Å². The van der Waals surface area contributed by atoms with Crippen molar-refractivity contribution in [2.24, 2.45) is 0 Å². The van der Waals surface area contributed by atoms with Crippen molar-refractivity contribution in [3.05, 3.63) is 40.5 Å². The highest BCUT2D eigenvalue weighted by atomic mass is 32.2. The fourth-order valence-electron chi connectivity index (χ4n) is 3.44. The zero-order valence-electron chi connectivity index (χ0n) is 15.7. The number of benzene rings is 1. The maximum Gasteiger partial charge on any atom is 0.234 e. The number of anilines is 2. The molecule has 0 spiro atoms. The monoisotopic (exact) mass is 398 g/mol. The first-order valence-corrected chi connectivity index (χ1v) is 10.9. The van der Waals surface area contributed by atoms with E-state index in [2.05, 4.69) is 53.1 Å². The number of likely N-dealkylation sites (N-methyl/N-ethyl adjacent to an activating group) is 1. The van der Waals surface area contributed by atoms with E-state index in [9.17, 15) is 4.79 Å². The number of hydrogen-bond acceptors (Lipinski definition) is 6. The maximum atomic E-state index is 12.5. The lowest BCUT2D eigenvalue weighted by atomic mass is 10.1. The molecule has 0 atom stereocenters. The van der Waals surface area contributed by atoms with Crippen LogP contribution in [0.3, 0.4) is 0 Å². The average Bonchev–Trinajstić information content (AvgIpc) is 3.20. The fraction of sp³-hybridized carbons (Fsp3) is 0.350. The summed E-state index contributed by atoms with van der Waals surface area (Å²) >= 11 is 3.14. The van der Waals surface area contributed by atoms with Crippen molar-refractivity contribution in [3.8, 4) is 0 Å². The SMILES string of the molecule is CCN1CCc2ccc(NC(=O)CSc3ncnc4sc(C)c(C)c34)cc21. The van der Waals surface area contributed by atoms with E-state index in [0.717, 1.165) is 40.4 Å². The van der Waals surface area contributed by atoms with Gasteiger partial charge in [0.25, 0.3) is 0 Å². The van der Waals surface area contributed by atoms with Crippen molar-refractivity contribution in [2.75, 3.05) is 29.1 Å². The average molecular weight is 399 g/mol. The summed E-state index contributed by atoms with van der Waals surface area (Å²) < 4.78 is 0. The van der Waals surface area contributed by atoms with Crippen molar-refractivity contribution in [2.45, 2.75) is 32.2 Å². The smallest absolute Gasteiger partial charge is 0.234 e. The number of nitrogens with zero attached hydrogens (tertiary/aromatic N) is 3. The minimum absolute atomic E-state index is 0.0163. The third-order valence-corrected chi connectivity index (χ3v) is 7.12. The molecule has 1 aromatic carbocycles. The van der Waals surface area contributed by atoms with Crippen LogP contribution in [0.5, 0.6) is 0 Å². The number of hydrogen-bond donors (Lipinski definition) is 1. The third kappa shape index (κ3) is 3.53. The molecule has 2 aromatic heterocycles. The molecule has 0 fully saturated rings. The van der Waals surface area contributed by atoms with E-state index < -0.39 is 0 Å². The number of thiophene rings is 1. The quantitative estimate of drug-likeness (QED) is 0.509. The first kappa shape index (κ1) is 18.3. The van der Waals surface area contributed by atoms with E-state index in [1.165, 1.54) is 33.5 Å². The van der Waals surface area contributed by atoms with Crippen LogP contribution in [0.1, 0.15) is 22.9 Å². The van der Waals surface area contributed by atoms with Gasteiger partial charge in [-0.25, -0.2) is 9.97 Å². The highest BCUT2D eigenvalue weighted by molar-refractivity contribution is 8.00. The van der Waals surface area contributed by atoms with E-state index in [1.54, 1.807) is 17.7 Å². The minimum atomic E-state index is -0.0163. The van der Waals surface area contributed by atoms with Gasteiger partial charge in [-0.3, -0.25) is 4.79 Å². The van der Waals surface area contributed by atoms with Gasteiger partial charge < -0.3 is 10.2 Å². The Labute approximate surface area is 167 Å². The standard InChI is InChI=1S/C20H22N4OS2/c1-4-24-8-7-14-5-6-15(9-16(14)24)23-17(25)10-26-19-18-12(2)13(3)27-20(18)22-11-21-19/h5-6,9,11H,4,7-8,10H2,1-3H3,(H,23,25). The molecule has 0 unspecified atom stereocenters. The van der Waals surface area contributed by atoms with Crippen LogP contribution in [0.2, 0.25) is 0 Å². The minimum Gasteiger partial charge on any atom is -0.371 e. The second-order valence-corrected chi connectivity index (χ2v) is 8.82. The number of rotatable bonds is 5. The van der Waals surface area contributed by atoms with Gasteiger partial charge in [0.05, 0.1) is 5.75 Å². The van der Waals surface area contributed by atoms with E-state index in [4.69, 9.17) is 0 Å². The second kappa shape index (κ2) is 7.48. The highest BCUT2D eigenvalue weighted by Crippen LogP contribution is 2.34. The first-order valence-electron chi connectivity index (χ1n) is 9.08. The molecule has 1 aliphatic rings. The molecule has 140 valence electrons. The van der Waals surface area contributed by atoms with Gasteiger partial charge in [0, 0.05) is 34.7 Å². The number of nitrogens with one attached hydrogen (secondary N) is 1. The molecule has 1 aliphatic heterocycles. The maximum absolute atomic E-state index is 12.5. The largest absolute Gasteiger partial charge is 0.371 e. The van der Waals surface area contributed by atoms with Crippen LogP contribution in [0.25, 0.3) is 10.2 Å². The molecule has 0 radical (unpaired) electrons. The van der Waals surface area contributed by atoms with Crippen LogP contribution < -0.4 is 10.2 Å². The number of thioether (sulfide) groups is 1. The lowest BCUT2D eigenvalue weighted by Gasteiger charge is -2.17. The molecule has 3 aromatic rings. The summed E-state index contributed by atoms with van der Waals surface area (Å²) in [7, 11) is 0. The topological polar surface area (TPSA) is 58.1 Å². The summed E-state index contributed by atoms with van der Waals surface area (Å²) in [5, 5.41) is 4.98. The Balaban J connectivity index is 1.45. The Morgan fingerprint density at radius 2 is 2.19 bits per heavy atom. The predicted octanol–water partition coefficient (Wildman–Crippen LogP) is 4.42. The number of aryl methyl sites for hydroxylation is 2. The zero-order valence-corrected chi connectivity index (χ0v) is 17.3. The molecule has 27 heavy (non-hydrogen) atoms. The number of aromatic nitrogens is 2. The first-order chi connectivity index (χ1) is 13.1. The third-order valence-electron chi connectivity index (χ3n) is 5.01. The number of carbonyl (C=O) groups excluding carboxylic acids is 1. The molecule has 0 saturated heterocycles. The van der Waals surface area contributed by atoms with Crippen LogP contribution >= 0.6 is 23.1 Å². The van der Waals surface area contributed by atoms with Gasteiger partial charge >= 0.3 is 0 Å². The Kier molecular flexibility index (Phi) is 5.06. The summed E-state index contributed by atoms with van der Waals surface area (Å²) in [5.74, 6) is 0.312. The molecule has 5 nitrogen and oxygen atoms in total. The van der Waals surface area contributed by atoms with Gasteiger partial charge in [0.1, 0.15) is 16.2 Å². The molecule has 3 heterocycles. The Morgan fingerprint density at radius 3 is 3.00 bits per heavy atom. The lowest BCUT2D eigenvalue weighted by Crippen LogP contribution is -2.19. The van der Waals surface area contributed by atoms with Crippen molar-refractivity contribution in [1.82, 2.24) is 9.97 Å². The molecular weight excluding hydrogens is 376 g/mol. The highest BCUT2D eigenvalue weighted by Gasteiger charge is 2.18. The molecule has 7 heteroatoms. The molecule has 0 bridgehead atoms. The van der Waals surface area contributed by atoms with Gasteiger partial charge in [0.15, 0.2) is 0 Å². The molecule has 1 N–H and O–H groups in total. The van der Waals surface area contributed by atoms with Crippen molar-refractivity contribution in [1.29, 1.82) is 0 Å². The number of amides is 1. The second-order valence-electron chi connectivity index (χ2n) is 6.65. The summed E-state index contributed by atoms with van der Waals surface area (Å²) in [6.07, 6.45) is 2.66. The summed E-state index contributed by atoms with van der Waals surface area (Å²) in [4.78, 5) is 25.8. The van der Waals surface area contributed by atoms with Crippen LogP contribution in [-0.4, -0.2) is 34.7 Å². The van der Waals surface area contributed by atoms with Gasteiger partial charge in [0.2, 0.25) is 5.91 Å². The summed E-state index contributed by atoms with van der Waals surface area (Å²) in [5.41, 5.74) is 4.66. The predicted molar refractivity (Wildman–Crippen MR) is 114 cm³/mol. The molecule has 0 aliphatic carbocycles.